The summed E-state index contributed by atoms with van der Waals surface area (Å²) in [6, 6.07) is 23.9. The summed E-state index contributed by atoms with van der Waals surface area (Å²) in [6.45, 7) is 4.33. The minimum Gasteiger partial charge on any atom is -0.326 e. The van der Waals surface area contributed by atoms with Crippen molar-refractivity contribution in [2.24, 2.45) is 5.92 Å². The van der Waals surface area contributed by atoms with E-state index in [9.17, 15) is 32.3 Å². The number of carbonyl (C=O) groups is 4. The number of ketones is 1. The van der Waals surface area contributed by atoms with Crippen molar-refractivity contribution in [2.75, 3.05) is 0 Å². The Morgan fingerprint density at radius 2 is 1.36 bits per heavy atom. The van der Waals surface area contributed by atoms with Gasteiger partial charge in [-0.2, -0.15) is 13.2 Å². The topological polar surface area (TPSA) is 86.8 Å². The Hall–Kier alpha value is -4.73. The SMILES string of the molecule is CC(=O)NC(Cc1ccccc1)(C(=O)C(F)(F)F)N1C(=O)C(C(C)C)N(C(=O)CCc2ccccc2)C=C1c1ccccc1. The second-order valence-electron chi connectivity index (χ2n) is 11.1. The van der Waals surface area contributed by atoms with Gasteiger partial charge in [0.15, 0.2) is 5.66 Å². The van der Waals surface area contributed by atoms with Crippen molar-refractivity contribution in [3.8, 4) is 0 Å². The summed E-state index contributed by atoms with van der Waals surface area (Å²) in [6.07, 6.45) is -4.37. The minimum absolute atomic E-state index is 0.0292. The van der Waals surface area contributed by atoms with Crippen molar-refractivity contribution in [1.29, 1.82) is 0 Å². The first-order valence-corrected chi connectivity index (χ1v) is 14.3. The summed E-state index contributed by atoms with van der Waals surface area (Å²) in [4.78, 5) is 56.5. The van der Waals surface area contributed by atoms with Gasteiger partial charge >= 0.3 is 6.18 Å². The molecule has 1 aliphatic heterocycles. The van der Waals surface area contributed by atoms with E-state index in [1.807, 2.05) is 30.3 Å². The van der Waals surface area contributed by atoms with Crippen molar-refractivity contribution in [3.63, 3.8) is 0 Å². The van der Waals surface area contributed by atoms with E-state index >= 15 is 0 Å². The van der Waals surface area contributed by atoms with Crippen LogP contribution in [0.25, 0.3) is 5.70 Å². The lowest BCUT2D eigenvalue weighted by Gasteiger charge is -2.49. The first-order valence-electron chi connectivity index (χ1n) is 14.3. The van der Waals surface area contributed by atoms with Crippen molar-refractivity contribution in [1.82, 2.24) is 15.1 Å². The van der Waals surface area contributed by atoms with Crippen LogP contribution in [0.5, 0.6) is 0 Å². The molecule has 230 valence electrons. The molecule has 0 saturated carbocycles. The van der Waals surface area contributed by atoms with E-state index in [0.29, 0.717) is 6.42 Å². The Morgan fingerprint density at radius 1 is 0.841 bits per heavy atom. The highest BCUT2D eigenvalue weighted by Crippen LogP contribution is 2.40. The summed E-state index contributed by atoms with van der Waals surface area (Å²) in [5.41, 5.74) is -1.55. The molecule has 7 nitrogen and oxygen atoms in total. The first kappa shape index (κ1) is 32.2. The van der Waals surface area contributed by atoms with E-state index in [1.165, 1.54) is 23.2 Å². The quantitative estimate of drug-likeness (QED) is 0.330. The maximum Gasteiger partial charge on any atom is 0.454 e. The second kappa shape index (κ2) is 13.3. The highest BCUT2D eigenvalue weighted by Gasteiger charge is 2.61. The number of nitrogens with zero attached hydrogens (tertiary/aromatic N) is 2. The zero-order valence-electron chi connectivity index (χ0n) is 24.7. The summed E-state index contributed by atoms with van der Waals surface area (Å²) >= 11 is 0. The molecule has 1 N–H and O–H groups in total. The third kappa shape index (κ3) is 6.90. The monoisotopic (exact) mass is 605 g/mol. The molecule has 0 spiro atoms. The van der Waals surface area contributed by atoms with Crippen LogP contribution in [0.3, 0.4) is 0 Å². The number of hydrogen-bond acceptors (Lipinski definition) is 4. The summed E-state index contributed by atoms with van der Waals surface area (Å²) in [5, 5.41) is 2.25. The van der Waals surface area contributed by atoms with Crippen LogP contribution in [0.1, 0.15) is 43.9 Å². The fourth-order valence-electron chi connectivity index (χ4n) is 5.54. The van der Waals surface area contributed by atoms with E-state index in [-0.39, 0.29) is 23.2 Å². The predicted octanol–water partition coefficient (Wildman–Crippen LogP) is 5.52. The molecule has 0 radical (unpaired) electrons. The molecular weight excluding hydrogens is 571 g/mol. The molecule has 2 unspecified atom stereocenters. The lowest BCUT2D eigenvalue weighted by atomic mass is 9.87. The Morgan fingerprint density at radius 3 is 1.86 bits per heavy atom. The summed E-state index contributed by atoms with van der Waals surface area (Å²) in [5.74, 6) is -5.15. The van der Waals surface area contributed by atoms with Gasteiger partial charge in [0, 0.05) is 26.0 Å². The smallest absolute Gasteiger partial charge is 0.326 e. The van der Waals surface area contributed by atoms with E-state index in [4.69, 9.17) is 0 Å². The van der Waals surface area contributed by atoms with Crippen molar-refractivity contribution in [3.05, 3.63) is 114 Å². The van der Waals surface area contributed by atoms with Gasteiger partial charge in [0.1, 0.15) is 6.04 Å². The van der Waals surface area contributed by atoms with Gasteiger partial charge in [-0.15, -0.1) is 0 Å². The Labute approximate surface area is 254 Å². The van der Waals surface area contributed by atoms with Crippen LogP contribution in [0.15, 0.2) is 97.2 Å². The summed E-state index contributed by atoms with van der Waals surface area (Å²) in [7, 11) is 0. The van der Waals surface area contributed by atoms with Crippen LogP contribution in [0.4, 0.5) is 13.2 Å². The number of Topliss-reactive ketones (excluding diaryl/α,β-unsaturated/α-hetero) is 1. The van der Waals surface area contributed by atoms with E-state index in [0.717, 1.165) is 17.4 Å². The first-order chi connectivity index (χ1) is 20.8. The fourth-order valence-corrected chi connectivity index (χ4v) is 5.54. The third-order valence-electron chi connectivity index (χ3n) is 7.44. The van der Waals surface area contributed by atoms with Crippen LogP contribution >= 0.6 is 0 Å². The number of aryl methyl sites for hydroxylation is 1. The minimum atomic E-state index is -5.44. The Kier molecular flexibility index (Phi) is 9.71. The van der Waals surface area contributed by atoms with Gasteiger partial charge in [-0.25, -0.2) is 0 Å². The standard InChI is InChI=1S/C34H34F3N3O4/c1-23(2)30-31(43)40(33(38-24(3)41,32(44)34(35,36)37)21-26-15-9-5-10-16-26)28(27-17-11-6-12-18-27)22-39(30)29(42)20-19-25-13-7-4-8-14-25/h4-18,22-23,30H,19-21H2,1-3H3,(H,38,41). The van der Waals surface area contributed by atoms with Gasteiger partial charge < -0.3 is 10.2 Å². The molecule has 4 rings (SSSR count). The summed E-state index contributed by atoms with van der Waals surface area (Å²) < 4.78 is 43.5. The van der Waals surface area contributed by atoms with Crippen molar-refractivity contribution in [2.45, 2.75) is 57.9 Å². The lowest BCUT2D eigenvalue weighted by molar-refractivity contribution is -0.187. The van der Waals surface area contributed by atoms with Gasteiger partial charge in [-0.05, 0) is 29.0 Å². The van der Waals surface area contributed by atoms with Crippen LogP contribution in [0.2, 0.25) is 0 Å². The molecule has 0 aromatic heterocycles. The van der Waals surface area contributed by atoms with Crippen molar-refractivity contribution >= 4 is 29.2 Å². The number of carbonyl (C=O) groups excluding carboxylic acids is 4. The number of rotatable bonds is 10. The van der Waals surface area contributed by atoms with Crippen LogP contribution in [0, 0.1) is 5.92 Å². The fraction of sp³-hybridized carbons (Fsp3) is 0.294. The van der Waals surface area contributed by atoms with E-state index in [1.54, 1.807) is 62.4 Å². The maximum atomic E-state index is 14.6. The molecule has 0 aliphatic carbocycles. The number of alkyl halides is 3. The van der Waals surface area contributed by atoms with E-state index < -0.39 is 53.7 Å². The molecule has 0 saturated heterocycles. The average Bonchev–Trinajstić information content (AvgIpc) is 2.99. The number of amides is 3. The lowest BCUT2D eigenvalue weighted by Crippen LogP contribution is -2.73. The third-order valence-corrected chi connectivity index (χ3v) is 7.44. The van der Waals surface area contributed by atoms with Gasteiger partial charge in [0.2, 0.25) is 11.8 Å². The van der Waals surface area contributed by atoms with Crippen LogP contribution < -0.4 is 5.32 Å². The molecular formula is C34H34F3N3O4. The van der Waals surface area contributed by atoms with E-state index in [2.05, 4.69) is 5.32 Å². The molecule has 10 heteroatoms. The molecule has 0 fully saturated rings. The Bertz CT molecular complexity index is 1530. The number of halogens is 3. The highest BCUT2D eigenvalue weighted by molar-refractivity contribution is 6.05. The number of hydrogen-bond donors (Lipinski definition) is 1. The molecule has 3 aromatic rings. The van der Waals surface area contributed by atoms with Gasteiger partial charge in [0.05, 0.1) is 5.70 Å². The van der Waals surface area contributed by atoms with Gasteiger partial charge in [-0.1, -0.05) is 105 Å². The largest absolute Gasteiger partial charge is 0.454 e. The zero-order valence-corrected chi connectivity index (χ0v) is 24.7. The zero-order chi connectivity index (χ0) is 32.1. The van der Waals surface area contributed by atoms with Crippen LogP contribution in [-0.4, -0.2) is 51.2 Å². The molecule has 1 heterocycles. The Balaban J connectivity index is 1.96. The molecule has 3 amide bonds. The average molecular weight is 606 g/mol. The molecule has 2 atom stereocenters. The van der Waals surface area contributed by atoms with Gasteiger partial charge in [-0.3, -0.25) is 24.1 Å². The normalized spacial score (nSPS) is 16.8. The highest BCUT2D eigenvalue weighted by atomic mass is 19.4. The molecule has 44 heavy (non-hydrogen) atoms. The second-order valence-corrected chi connectivity index (χ2v) is 11.1. The van der Waals surface area contributed by atoms with Crippen LogP contribution in [-0.2, 0) is 32.0 Å². The molecule has 0 bridgehead atoms. The maximum absolute atomic E-state index is 14.6. The van der Waals surface area contributed by atoms with Crippen molar-refractivity contribution < 1.29 is 32.3 Å². The number of nitrogens with one attached hydrogen (secondary N) is 1. The molecule has 3 aromatic carbocycles. The van der Waals surface area contributed by atoms with Gasteiger partial charge in [0.25, 0.3) is 11.7 Å². The number of benzene rings is 3. The molecule has 1 aliphatic rings. The predicted molar refractivity (Wildman–Crippen MR) is 159 cm³/mol.